The van der Waals surface area contributed by atoms with Gasteiger partial charge in [-0.2, -0.15) is 0 Å². The quantitative estimate of drug-likeness (QED) is 0.718. The number of anilines is 1. The van der Waals surface area contributed by atoms with E-state index in [1.54, 1.807) is 16.2 Å². The van der Waals surface area contributed by atoms with Crippen molar-refractivity contribution in [3.63, 3.8) is 0 Å². The lowest BCUT2D eigenvalue weighted by Gasteiger charge is -2.36. The Morgan fingerprint density at radius 3 is 2.74 bits per heavy atom. The maximum Gasteiger partial charge on any atom is 0.325 e. The van der Waals surface area contributed by atoms with Gasteiger partial charge >= 0.3 is 6.03 Å². The van der Waals surface area contributed by atoms with E-state index < -0.39 is 11.6 Å². The molecule has 1 aromatic carbocycles. The molecule has 1 atom stereocenters. The molecular formula is C22H23ClN4O3S. The standard InChI is InChI=1S/C22H23ClN4O3S/c23-15-3-1-4-16(13-15)25-8-10-26(11-9-25)19(28)14-27-20(29)22(24-21(27)30)7-2-5-18-17(22)6-12-31-18/h1,3-4,6,12-13H,2,5,7-11,14H2,(H,24,30)/t22-/m1/s1. The lowest BCUT2D eigenvalue weighted by atomic mass is 9.80. The molecule has 2 aromatic rings. The topological polar surface area (TPSA) is 73.0 Å². The number of nitrogens with one attached hydrogen (secondary N) is 1. The Morgan fingerprint density at radius 2 is 1.97 bits per heavy atom. The minimum atomic E-state index is -1.00. The van der Waals surface area contributed by atoms with Crippen molar-refractivity contribution in [2.75, 3.05) is 37.6 Å². The van der Waals surface area contributed by atoms with E-state index in [1.165, 1.54) is 0 Å². The lowest BCUT2D eigenvalue weighted by Crippen LogP contribution is -2.52. The van der Waals surface area contributed by atoms with Crippen LogP contribution in [0.25, 0.3) is 0 Å². The summed E-state index contributed by atoms with van der Waals surface area (Å²) in [5.74, 6) is -0.504. The Hall–Kier alpha value is -2.58. The van der Waals surface area contributed by atoms with Crippen LogP contribution in [0.4, 0.5) is 10.5 Å². The molecule has 0 saturated carbocycles. The largest absolute Gasteiger partial charge is 0.368 e. The predicted molar refractivity (Wildman–Crippen MR) is 119 cm³/mol. The highest BCUT2D eigenvalue weighted by Crippen LogP contribution is 2.42. The third-order valence-electron chi connectivity index (χ3n) is 6.44. The number of carbonyl (C=O) groups excluding carboxylic acids is 3. The Balaban J connectivity index is 1.25. The molecule has 7 nitrogen and oxygen atoms in total. The van der Waals surface area contributed by atoms with Crippen LogP contribution < -0.4 is 10.2 Å². The number of imide groups is 1. The molecule has 162 valence electrons. The summed E-state index contributed by atoms with van der Waals surface area (Å²) in [6, 6.07) is 9.11. The molecule has 0 radical (unpaired) electrons. The van der Waals surface area contributed by atoms with Gasteiger partial charge in [0.15, 0.2) is 0 Å². The number of piperazine rings is 1. The number of thiophene rings is 1. The fourth-order valence-electron chi connectivity index (χ4n) is 4.81. The Bertz CT molecular complexity index is 1050. The molecule has 1 aliphatic carbocycles. The zero-order chi connectivity index (χ0) is 21.6. The molecule has 4 amide bonds. The fraction of sp³-hybridized carbons (Fsp3) is 0.409. The van der Waals surface area contributed by atoms with Gasteiger partial charge in [-0.15, -0.1) is 11.3 Å². The number of nitrogens with zero attached hydrogens (tertiary/aromatic N) is 3. The number of carbonyl (C=O) groups is 3. The number of hydrogen-bond acceptors (Lipinski definition) is 5. The average Bonchev–Trinajstić information content (AvgIpc) is 3.34. The van der Waals surface area contributed by atoms with Crippen molar-refractivity contribution in [1.82, 2.24) is 15.1 Å². The van der Waals surface area contributed by atoms with Crippen molar-refractivity contribution < 1.29 is 14.4 Å². The molecule has 2 fully saturated rings. The van der Waals surface area contributed by atoms with E-state index in [1.807, 2.05) is 35.7 Å². The summed E-state index contributed by atoms with van der Waals surface area (Å²) in [6.45, 7) is 2.20. The van der Waals surface area contributed by atoms with Crippen molar-refractivity contribution in [3.05, 3.63) is 51.2 Å². The van der Waals surface area contributed by atoms with Crippen LogP contribution in [0.1, 0.15) is 23.3 Å². The highest BCUT2D eigenvalue weighted by Gasteiger charge is 2.54. The van der Waals surface area contributed by atoms with Crippen molar-refractivity contribution in [2.24, 2.45) is 0 Å². The van der Waals surface area contributed by atoms with Gasteiger partial charge < -0.3 is 15.1 Å². The molecule has 1 spiro atoms. The van der Waals surface area contributed by atoms with E-state index in [-0.39, 0.29) is 18.4 Å². The first-order valence-electron chi connectivity index (χ1n) is 10.5. The minimum Gasteiger partial charge on any atom is -0.368 e. The van der Waals surface area contributed by atoms with Crippen molar-refractivity contribution in [2.45, 2.75) is 24.8 Å². The van der Waals surface area contributed by atoms with E-state index in [9.17, 15) is 14.4 Å². The van der Waals surface area contributed by atoms with E-state index in [0.717, 1.165) is 33.9 Å². The summed E-state index contributed by atoms with van der Waals surface area (Å²) in [5, 5.41) is 5.55. The SMILES string of the molecule is O=C(CN1C(=O)N[C@@]2(CCCc3sccc32)C1=O)N1CCN(c2cccc(Cl)c2)CC1. The molecule has 0 unspecified atom stereocenters. The first-order valence-corrected chi connectivity index (χ1v) is 11.7. The summed E-state index contributed by atoms with van der Waals surface area (Å²) < 4.78 is 0. The summed E-state index contributed by atoms with van der Waals surface area (Å²) in [7, 11) is 0. The van der Waals surface area contributed by atoms with Gasteiger partial charge in [-0.3, -0.25) is 14.5 Å². The number of urea groups is 1. The van der Waals surface area contributed by atoms with E-state index >= 15 is 0 Å². The number of aryl methyl sites for hydroxylation is 1. The van der Waals surface area contributed by atoms with Gasteiger partial charge in [0.2, 0.25) is 5.91 Å². The summed E-state index contributed by atoms with van der Waals surface area (Å²) in [6.07, 6.45) is 2.34. The molecule has 2 aliphatic heterocycles. The first-order chi connectivity index (χ1) is 15.0. The van der Waals surface area contributed by atoms with Gasteiger partial charge in [0.05, 0.1) is 0 Å². The fourth-order valence-corrected chi connectivity index (χ4v) is 5.99. The van der Waals surface area contributed by atoms with Crippen LogP contribution >= 0.6 is 22.9 Å². The van der Waals surface area contributed by atoms with E-state index in [4.69, 9.17) is 11.6 Å². The van der Waals surface area contributed by atoms with Crippen LogP contribution in [-0.2, 0) is 21.5 Å². The first kappa shape index (κ1) is 20.3. The number of amides is 4. The van der Waals surface area contributed by atoms with Gasteiger partial charge in [-0.1, -0.05) is 17.7 Å². The number of benzene rings is 1. The molecule has 1 N–H and O–H groups in total. The molecule has 3 heterocycles. The zero-order valence-electron chi connectivity index (χ0n) is 17.0. The lowest BCUT2D eigenvalue weighted by molar-refractivity contribution is -0.139. The van der Waals surface area contributed by atoms with Crippen LogP contribution in [0.5, 0.6) is 0 Å². The molecule has 3 aliphatic rings. The van der Waals surface area contributed by atoms with Gasteiger partial charge in [0.25, 0.3) is 5.91 Å². The summed E-state index contributed by atoms with van der Waals surface area (Å²) >= 11 is 7.70. The van der Waals surface area contributed by atoms with Gasteiger partial charge in [-0.05, 0) is 48.9 Å². The smallest absolute Gasteiger partial charge is 0.325 e. The second kappa shape index (κ2) is 7.84. The Labute approximate surface area is 189 Å². The average molecular weight is 459 g/mol. The summed E-state index contributed by atoms with van der Waals surface area (Å²) in [4.78, 5) is 45.0. The Morgan fingerprint density at radius 1 is 1.16 bits per heavy atom. The molecule has 5 rings (SSSR count). The van der Waals surface area contributed by atoms with Gasteiger partial charge in [0.1, 0.15) is 12.1 Å². The molecule has 2 saturated heterocycles. The monoisotopic (exact) mass is 458 g/mol. The molecule has 0 bridgehead atoms. The normalized spacial score (nSPS) is 23.3. The van der Waals surface area contributed by atoms with Gasteiger partial charge in [0, 0.05) is 47.3 Å². The predicted octanol–water partition coefficient (Wildman–Crippen LogP) is 2.83. The van der Waals surface area contributed by atoms with Crippen LogP contribution in [0, 0.1) is 0 Å². The molecule has 1 aromatic heterocycles. The third-order valence-corrected chi connectivity index (χ3v) is 7.65. The number of halogens is 1. The Kier molecular flexibility index (Phi) is 5.14. The van der Waals surface area contributed by atoms with Gasteiger partial charge in [-0.25, -0.2) is 4.79 Å². The van der Waals surface area contributed by atoms with Crippen LogP contribution in [0.2, 0.25) is 5.02 Å². The van der Waals surface area contributed by atoms with Crippen LogP contribution in [0.15, 0.2) is 35.7 Å². The molecular weight excluding hydrogens is 436 g/mol. The highest BCUT2D eigenvalue weighted by molar-refractivity contribution is 7.10. The highest BCUT2D eigenvalue weighted by atomic mass is 35.5. The number of hydrogen-bond donors (Lipinski definition) is 1. The number of fused-ring (bicyclic) bond motifs is 2. The van der Waals surface area contributed by atoms with Crippen LogP contribution in [-0.4, -0.2) is 60.4 Å². The van der Waals surface area contributed by atoms with Crippen molar-refractivity contribution >= 4 is 46.5 Å². The third kappa shape index (κ3) is 3.47. The second-order valence-electron chi connectivity index (χ2n) is 8.19. The van der Waals surface area contributed by atoms with E-state index in [2.05, 4.69) is 10.2 Å². The number of rotatable bonds is 3. The molecule has 31 heavy (non-hydrogen) atoms. The zero-order valence-corrected chi connectivity index (χ0v) is 18.5. The van der Waals surface area contributed by atoms with Crippen molar-refractivity contribution in [3.8, 4) is 0 Å². The molecule has 9 heteroatoms. The maximum absolute atomic E-state index is 13.3. The second-order valence-corrected chi connectivity index (χ2v) is 9.62. The summed E-state index contributed by atoms with van der Waals surface area (Å²) in [5.41, 5.74) is 0.919. The van der Waals surface area contributed by atoms with Crippen molar-refractivity contribution in [1.29, 1.82) is 0 Å². The van der Waals surface area contributed by atoms with Crippen LogP contribution in [0.3, 0.4) is 0 Å². The van der Waals surface area contributed by atoms with E-state index in [0.29, 0.717) is 37.6 Å². The minimum absolute atomic E-state index is 0.201. The maximum atomic E-state index is 13.3.